The molecular formula is C12H19N3O. The van der Waals surface area contributed by atoms with Crippen molar-refractivity contribution in [1.29, 1.82) is 0 Å². The molecule has 0 aromatic carbocycles. The second-order valence-electron chi connectivity index (χ2n) is 4.90. The van der Waals surface area contributed by atoms with Gasteiger partial charge in [-0.25, -0.2) is 4.68 Å². The topological polar surface area (TPSA) is 39.1 Å². The predicted molar refractivity (Wildman–Crippen MR) is 62.4 cm³/mol. The predicted octanol–water partition coefficient (Wildman–Crippen LogP) is 1.88. The Morgan fingerprint density at radius 2 is 2.38 bits per heavy atom. The average molecular weight is 221 g/mol. The maximum Gasteiger partial charge on any atom is 0.124 e. The van der Waals surface area contributed by atoms with Crippen LogP contribution in [-0.2, 0) is 11.3 Å². The highest BCUT2D eigenvalue weighted by molar-refractivity contribution is 5.35. The zero-order chi connectivity index (χ0) is 10.8. The van der Waals surface area contributed by atoms with Crippen molar-refractivity contribution in [3.05, 3.63) is 12.3 Å². The van der Waals surface area contributed by atoms with E-state index in [1.165, 1.54) is 31.5 Å². The maximum absolute atomic E-state index is 5.40. The molecule has 1 aromatic heterocycles. The molecule has 1 aliphatic carbocycles. The first-order chi connectivity index (χ1) is 7.92. The third-order valence-corrected chi connectivity index (χ3v) is 3.63. The van der Waals surface area contributed by atoms with Crippen LogP contribution in [0.1, 0.15) is 25.7 Å². The Kier molecular flexibility index (Phi) is 2.82. The minimum atomic E-state index is 0.641. The van der Waals surface area contributed by atoms with E-state index in [0.29, 0.717) is 12.0 Å². The zero-order valence-corrected chi connectivity index (χ0v) is 9.56. The first-order valence-corrected chi connectivity index (χ1v) is 6.28. The molecule has 2 aliphatic rings. The van der Waals surface area contributed by atoms with Gasteiger partial charge in [0, 0.05) is 31.2 Å². The molecule has 0 spiro atoms. The van der Waals surface area contributed by atoms with Crippen molar-refractivity contribution < 1.29 is 4.74 Å². The summed E-state index contributed by atoms with van der Waals surface area (Å²) in [6, 6.07) is 2.75. The lowest BCUT2D eigenvalue weighted by molar-refractivity contribution is 0.181. The van der Waals surface area contributed by atoms with Crippen LogP contribution in [0.25, 0.3) is 0 Å². The van der Waals surface area contributed by atoms with Gasteiger partial charge in [0.1, 0.15) is 5.82 Å². The summed E-state index contributed by atoms with van der Waals surface area (Å²) in [5.74, 6) is 1.82. The van der Waals surface area contributed by atoms with E-state index >= 15 is 0 Å². The Hall–Kier alpha value is -1.03. The minimum absolute atomic E-state index is 0.641. The molecule has 0 bridgehead atoms. The number of ether oxygens (including phenoxy) is 1. The van der Waals surface area contributed by atoms with E-state index in [9.17, 15) is 0 Å². The van der Waals surface area contributed by atoms with Crippen molar-refractivity contribution in [3.8, 4) is 0 Å². The molecular weight excluding hydrogens is 202 g/mol. The standard InChI is InChI=1S/C12H19N3O/c1-2-11(3-1)14-12-4-6-13-15(12)8-10-5-7-16-9-10/h4,6,10-11,14H,1-3,5,7-9H2. The van der Waals surface area contributed by atoms with Gasteiger partial charge in [0.2, 0.25) is 0 Å². The van der Waals surface area contributed by atoms with Crippen LogP contribution in [0, 0.1) is 5.92 Å². The summed E-state index contributed by atoms with van der Waals surface area (Å²) in [6.07, 6.45) is 7.03. The van der Waals surface area contributed by atoms with Gasteiger partial charge < -0.3 is 10.1 Å². The fraction of sp³-hybridized carbons (Fsp3) is 0.750. The maximum atomic E-state index is 5.40. The molecule has 2 fully saturated rings. The van der Waals surface area contributed by atoms with Crippen LogP contribution in [0.15, 0.2) is 12.3 Å². The number of rotatable bonds is 4. The Labute approximate surface area is 96.0 Å². The van der Waals surface area contributed by atoms with Gasteiger partial charge in [-0.2, -0.15) is 5.10 Å². The molecule has 1 saturated heterocycles. The van der Waals surface area contributed by atoms with Gasteiger partial charge in [0.05, 0.1) is 12.8 Å². The molecule has 2 heterocycles. The number of hydrogen-bond acceptors (Lipinski definition) is 3. The van der Waals surface area contributed by atoms with Gasteiger partial charge in [0.15, 0.2) is 0 Å². The van der Waals surface area contributed by atoms with Crippen LogP contribution in [0.3, 0.4) is 0 Å². The molecule has 3 rings (SSSR count). The van der Waals surface area contributed by atoms with Crippen molar-refractivity contribution in [1.82, 2.24) is 9.78 Å². The Morgan fingerprint density at radius 1 is 1.44 bits per heavy atom. The van der Waals surface area contributed by atoms with Gasteiger partial charge >= 0.3 is 0 Å². The third kappa shape index (κ3) is 2.07. The molecule has 16 heavy (non-hydrogen) atoms. The lowest BCUT2D eigenvalue weighted by Gasteiger charge is -2.27. The summed E-state index contributed by atoms with van der Waals surface area (Å²) in [5, 5.41) is 7.95. The van der Waals surface area contributed by atoms with E-state index in [1.54, 1.807) is 0 Å². The normalized spacial score (nSPS) is 25.6. The SMILES string of the molecule is c1cc(NC2CCC2)n(CC2CCOC2)n1. The third-order valence-electron chi connectivity index (χ3n) is 3.63. The van der Waals surface area contributed by atoms with Crippen LogP contribution >= 0.6 is 0 Å². The van der Waals surface area contributed by atoms with Gasteiger partial charge in [-0.05, 0) is 25.7 Å². The van der Waals surface area contributed by atoms with E-state index in [2.05, 4.69) is 21.2 Å². The van der Waals surface area contributed by atoms with Gasteiger partial charge in [-0.3, -0.25) is 0 Å². The zero-order valence-electron chi connectivity index (χ0n) is 9.56. The summed E-state index contributed by atoms with van der Waals surface area (Å²) in [7, 11) is 0. The van der Waals surface area contributed by atoms with Crippen molar-refractivity contribution in [2.45, 2.75) is 38.3 Å². The second-order valence-corrected chi connectivity index (χ2v) is 4.90. The molecule has 1 unspecified atom stereocenters. The number of anilines is 1. The highest BCUT2D eigenvalue weighted by Crippen LogP contribution is 2.24. The number of nitrogens with zero attached hydrogens (tertiary/aromatic N) is 2. The van der Waals surface area contributed by atoms with E-state index < -0.39 is 0 Å². The first-order valence-electron chi connectivity index (χ1n) is 6.28. The lowest BCUT2D eigenvalue weighted by atomic mass is 9.93. The van der Waals surface area contributed by atoms with Crippen molar-refractivity contribution >= 4 is 5.82 Å². The molecule has 4 heteroatoms. The Morgan fingerprint density at radius 3 is 3.06 bits per heavy atom. The summed E-state index contributed by atoms with van der Waals surface area (Å²) in [6.45, 7) is 2.79. The van der Waals surface area contributed by atoms with Crippen LogP contribution < -0.4 is 5.32 Å². The molecule has 1 aromatic rings. The first kappa shape index (κ1) is 10.1. The van der Waals surface area contributed by atoms with Crippen LogP contribution in [0.2, 0.25) is 0 Å². The molecule has 0 radical (unpaired) electrons. The number of hydrogen-bond donors (Lipinski definition) is 1. The van der Waals surface area contributed by atoms with Crippen LogP contribution in [0.4, 0.5) is 5.82 Å². The molecule has 88 valence electrons. The van der Waals surface area contributed by atoms with Gasteiger partial charge in [-0.15, -0.1) is 0 Å². The highest BCUT2D eigenvalue weighted by atomic mass is 16.5. The molecule has 0 amide bonds. The summed E-state index contributed by atoms with van der Waals surface area (Å²) in [5.41, 5.74) is 0. The molecule has 1 atom stereocenters. The second kappa shape index (κ2) is 4.45. The summed E-state index contributed by atoms with van der Waals surface area (Å²) < 4.78 is 7.49. The molecule has 4 nitrogen and oxygen atoms in total. The Balaban J connectivity index is 1.61. The minimum Gasteiger partial charge on any atom is -0.381 e. The average Bonchev–Trinajstić information content (AvgIpc) is 2.84. The highest BCUT2D eigenvalue weighted by Gasteiger charge is 2.20. The van der Waals surface area contributed by atoms with E-state index in [-0.39, 0.29) is 0 Å². The van der Waals surface area contributed by atoms with Crippen LogP contribution in [-0.4, -0.2) is 29.0 Å². The quantitative estimate of drug-likeness (QED) is 0.843. The molecule has 1 N–H and O–H groups in total. The van der Waals surface area contributed by atoms with Gasteiger partial charge in [-0.1, -0.05) is 0 Å². The van der Waals surface area contributed by atoms with Gasteiger partial charge in [0.25, 0.3) is 0 Å². The van der Waals surface area contributed by atoms with E-state index in [4.69, 9.17) is 4.74 Å². The van der Waals surface area contributed by atoms with E-state index in [0.717, 1.165) is 19.8 Å². The molecule has 1 aliphatic heterocycles. The lowest BCUT2D eigenvalue weighted by Crippen LogP contribution is -2.28. The van der Waals surface area contributed by atoms with Crippen molar-refractivity contribution in [2.75, 3.05) is 18.5 Å². The summed E-state index contributed by atoms with van der Waals surface area (Å²) in [4.78, 5) is 0. The molecule has 1 saturated carbocycles. The van der Waals surface area contributed by atoms with Crippen LogP contribution in [0.5, 0.6) is 0 Å². The number of nitrogens with one attached hydrogen (secondary N) is 1. The summed E-state index contributed by atoms with van der Waals surface area (Å²) >= 11 is 0. The largest absolute Gasteiger partial charge is 0.381 e. The Bertz CT molecular complexity index is 340. The fourth-order valence-electron chi connectivity index (χ4n) is 2.33. The smallest absolute Gasteiger partial charge is 0.124 e. The van der Waals surface area contributed by atoms with Crippen molar-refractivity contribution in [3.63, 3.8) is 0 Å². The fourth-order valence-corrected chi connectivity index (χ4v) is 2.33. The van der Waals surface area contributed by atoms with Crippen molar-refractivity contribution in [2.24, 2.45) is 5.92 Å². The van der Waals surface area contributed by atoms with E-state index in [1.807, 2.05) is 6.20 Å². The number of aromatic nitrogens is 2. The monoisotopic (exact) mass is 221 g/mol.